The van der Waals surface area contributed by atoms with Gasteiger partial charge in [-0.1, -0.05) is 42.0 Å². The lowest BCUT2D eigenvalue weighted by Gasteiger charge is -2.24. The number of para-hydroxylation sites is 1. The number of halogens is 3. The van der Waals surface area contributed by atoms with Crippen LogP contribution in [0, 0.1) is 6.92 Å². The standard InChI is InChI=1S/C22H19F3N2O3S/c1-16-10-12-20(13-11-16)31(29,30)27(19-8-3-2-4-9-19)15-21(28)26-18-7-5-6-17(14-18)22(23,24)25/h2-14H,15H2,1H3,(H,26,28). The molecule has 0 bridgehead atoms. The van der Waals surface area contributed by atoms with Gasteiger partial charge < -0.3 is 5.32 Å². The third-order valence-electron chi connectivity index (χ3n) is 4.41. The number of hydrogen-bond donors (Lipinski definition) is 1. The molecule has 0 saturated carbocycles. The third kappa shape index (κ3) is 5.43. The lowest BCUT2D eigenvalue weighted by atomic mass is 10.2. The largest absolute Gasteiger partial charge is 0.416 e. The van der Waals surface area contributed by atoms with E-state index in [2.05, 4.69) is 5.32 Å². The smallest absolute Gasteiger partial charge is 0.325 e. The molecule has 31 heavy (non-hydrogen) atoms. The first-order valence-corrected chi connectivity index (χ1v) is 10.6. The highest BCUT2D eigenvalue weighted by Crippen LogP contribution is 2.31. The Morgan fingerprint density at radius 3 is 2.19 bits per heavy atom. The quantitative estimate of drug-likeness (QED) is 0.586. The van der Waals surface area contributed by atoms with Crippen LogP contribution in [-0.4, -0.2) is 20.9 Å². The Kier molecular flexibility index (Phi) is 6.35. The molecular weight excluding hydrogens is 429 g/mol. The van der Waals surface area contributed by atoms with Crippen LogP contribution in [0.4, 0.5) is 24.5 Å². The molecule has 0 atom stereocenters. The van der Waals surface area contributed by atoms with Crippen LogP contribution < -0.4 is 9.62 Å². The number of sulfonamides is 1. The van der Waals surface area contributed by atoms with Gasteiger partial charge in [-0.25, -0.2) is 8.42 Å². The maximum Gasteiger partial charge on any atom is 0.416 e. The first kappa shape index (κ1) is 22.4. The van der Waals surface area contributed by atoms with Crippen molar-refractivity contribution in [3.05, 3.63) is 90.0 Å². The van der Waals surface area contributed by atoms with Gasteiger partial charge in [-0.05, 0) is 49.4 Å². The Morgan fingerprint density at radius 1 is 0.935 bits per heavy atom. The number of rotatable bonds is 6. The zero-order valence-electron chi connectivity index (χ0n) is 16.4. The molecule has 0 saturated heterocycles. The third-order valence-corrected chi connectivity index (χ3v) is 6.20. The maximum atomic E-state index is 13.2. The van der Waals surface area contributed by atoms with Crippen LogP contribution in [0.15, 0.2) is 83.8 Å². The summed E-state index contributed by atoms with van der Waals surface area (Å²) in [6, 6.07) is 18.3. The van der Waals surface area contributed by atoms with Crippen LogP contribution in [0.1, 0.15) is 11.1 Å². The van der Waals surface area contributed by atoms with E-state index in [9.17, 15) is 26.4 Å². The Hall–Kier alpha value is -3.33. The normalized spacial score (nSPS) is 11.7. The fraction of sp³-hybridized carbons (Fsp3) is 0.136. The summed E-state index contributed by atoms with van der Waals surface area (Å²) >= 11 is 0. The van der Waals surface area contributed by atoms with Gasteiger partial charge in [-0.3, -0.25) is 9.10 Å². The van der Waals surface area contributed by atoms with Crippen molar-refractivity contribution < 1.29 is 26.4 Å². The van der Waals surface area contributed by atoms with Crippen LogP contribution in [0.3, 0.4) is 0 Å². The van der Waals surface area contributed by atoms with Crippen LogP contribution in [0.2, 0.25) is 0 Å². The van der Waals surface area contributed by atoms with Gasteiger partial charge in [0.15, 0.2) is 0 Å². The topological polar surface area (TPSA) is 66.5 Å². The molecule has 3 aromatic rings. The van der Waals surface area contributed by atoms with E-state index in [1.807, 2.05) is 6.92 Å². The van der Waals surface area contributed by atoms with Crippen molar-refractivity contribution in [2.75, 3.05) is 16.2 Å². The molecule has 1 N–H and O–H groups in total. The van der Waals surface area contributed by atoms with Crippen molar-refractivity contribution >= 4 is 27.3 Å². The minimum Gasteiger partial charge on any atom is -0.325 e. The summed E-state index contributed by atoms with van der Waals surface area (Å²) in [6.07, 6.45) is -4.56. The molecule has 1 amide bonds. The minimum absolute atomic E-state index is 0.00572. The zero-order valence-corrected chi connectivity index (χ0v) is 17.2. The van der Waals surface area contributed by atoms with Gasteiger partial charge in [0.2, 0.25) is 5.91 Å². The number of carbonyl (C=O) groups is 1. The fourth-order valence-electron chi connectivity index (χ4n) is 2.85. The van der Waals surface area contributed by atoms with Gasteiger partial charge >= 0.3 is 6.18 Å². The lowest BCUT2D eigenvalue weighted by molar-refractivity contribution is -0.137. The molecule has 3 aromatic carbocycles. The van der Waals surface area contributed by atoms with Gasteiger partial charge in [0.05, 0.1) is 16.1 Å². The molecule has 0 aliphatic heterocycles. The van der Waals surface area contributed by atoms with Crippen molar-refractivity contribution in [2.45, 2.75) is 18.0 Å². The molecule has 0 spiro atoms. The first-order valence-electron chi connectivity index (χ1n) is 9.19. The van der Waals surface area contributed by atoms with Crippen molar-refractivity contribution in [1.29, 1.82) is 0 Å². The van der Waals surface area contributed by atoms with Crippen LogP contribution in [-0.2, 0) is 21.0 Å². The summed E-state index contributed by atoms with van der Waals surface area (Å²) in [4.78, 5) is 12.6. The van der Waals surface area contributed by atoms with Gasteiger partial charge in [0.25, 0.3) is 10.0 Å². The van der Waals surface area contributed by atoms with Crippen LogP contribution >= 0.6 is 0 Å². The summed E-state index contributed by atoms with van der Waals surface area (Å²) in [5.74, 6) is -0.779. The highest BCUT2D eigenvalue weighted by molar-refractivity contribution is 7.92. The summed E-state index contributed by atoms with van der Waals surface area (Å²) in [7, 11) is -4.10. The Bertz CT molecular complexity index is 1160. The van der Waals surface area contributed by atoms with E-state index in [4.69, 9.17) is 0 Å². The van der Waals surface area contributed by atoms with Crippen LogP contribution in [0.5, 0.6) is 0 Å². The average Bonchev–Trinajstić information content (AvgIpc) is 2.72. The molecule has 0 fully saturated rings. The highest BCUT2D eigenvalue weighted by atomic mass is 32.2. The number of nitrogens with zero attached hydrogens (tertiary/aromatic N) is 1. The summed E-state index contributed by atoms with van der Waals surface area (Å²) in [5.41, 5.74) is 0.118. The van der Waals surface area contributed by atoms with E-state index >= 15 is 0 Å². The van der Waals surface area contributed by atoms with Crippen molar-refractivity contribution in [1.82, 2.24) is 0 Å². The summed E-state index contributed by atoms with van der Waals surface area (Å²) in [6.45, 7) is 1.20. The molecule has 5 nitrogen and oxygen atoms in total. The molecule has 0 unspecified atom stereocenters. The summed E-state index contributed by atoms with van der Waals surface area (Å²) in [5, 5.41) is 2.34. The number of benzene rings is 3. The molecule has 3 rings (SSSR count). The Morgan fingerprint density at radius 2 is 1.58 bits per heavy atom. The second-order valence-corrected chi connectivity index (χ2v) is 8.65. The van der Waals surface area contributed by atoms with Gasteiger partial charge in [-0.2, -0.15) is 13.2 Å². The van der Waals surface area contributed by atoms with Gasteiger partial charge in [0, 0.05) is 5.69 Å². The average molecular weight is 448 g/mol. The number of alkyl halides is 3. The number of nitrogens with one attached hydrogen (secondary N) is 1. The Balaban J connectivity index is 1.89. The number of hydrogen-bond acceptors (Lipinski definition) is 3. The van der Waals surface area contributed by atoms with Crippen molar-refractivity contribution in [3.63, 3.8) is 0 Å². The SMILES string of the molecule is Cc1ccc(S(=O)(=O)N(CC(=O)Nc2cccc(C(F)(F)F)c2)c2ccccc2)cc1. The molecular formula is C22H19F3N2O3S. The van der Waals surface area contributed by atoms with Crippen LogP contribution in [0.25, 0.3) is 0 Å². The van der Waals surface area contributed by atoms with E-state index < -0.39 is 34.2 Å². The predicted molar refractivity (Wildman–Crippen MR) is 112 cm³/mol. The number of amides is 1. The fourth-order valence-corrected chi connectivity index (χ4v) is 4.27. The van der Waals surface area contributed by atoms with E-state index in [1.54, 1.807) is 30.3 Å². The molecule has 0 heterocycles. The molecule has 9 heteroatoms. The van der Waals surface area contributed by atoms with Gasteiger partial charge in [-0.15, -0.1) is 0 Å². The lowest BCUT2D eigenvalue weighted by Crippen LogP contribution is -2.38. The van der Waals surface area contributed by atoms with E-state index in [1.165, 1.54) is 30.3 Å². The van der Waals surface area contributed by atoms with Gasteiger partial charge in [0.1, 0.15) is 6.54 Å². The second kappa shape index (κ2) is 8.81. The van der Waals surface area contributed by atoms with Crippen molar-refractivity contribution in [2.24, 2.45) is 0 Å². The number of carbonyl (C=O) groups excluding carboxylic acids is 1. The Labute approximate surface area is 178 Å². The number of anilines is 2. The second-order valence-electron chi connectivity index (χ2n) is 6.79. The van der Waals surface area contributed by atoms with E-state index in [-0.39, 0.29) is 16.3 Å². The first-order chi connectivity index (χ1) is 14.6. The van der Waals surface area contributed by atoms with E-state index in [0.717, 1.165) is 28.1 Å². The molecule has 162 valence electrons. The molecule has 0 aliphatic carbocycles. The predicted octanol–water partition coefficient (Wildman–Crippen LogP) is 4.85. The maximum absolute atomic E-state index is 13.2. The highest BCUT2D eigenvalue weighted by Gasteiger charge is 2.31. The minimum atomic E-state index is -4.56. The molecule has 0 aliphatic rings. The molecule has 0 radical (unpaired) electrons. The number of aryl methyl sites for hydroxylation is 1. The summed E-state index contributed by atoms with van der Waals surface area (Å²) < 4.78 is 66.1. The zero-order chi connectivity index (χ0) is 22.6. The van der Waals surface area contributed by atoms with Crippen molar-refractivity contribution in [3.8, 4) is 0 Å². The molecule has 0 aromatic heterocycles. The van der Waals surface area contributed by atoms with E-state index in [0.29, 0.717) is 0 Å². The monoisotopic (exact) mass is 448 g/mol.